The molecule has 0 spiro atoms. The second kappa shape index (κ2) is 17.1. The van der Waals surface area contributed by atoms with E-state index >= 15 is 0 Å². The van der Waals surface area contributed by atoms with Crippen molar-refractivity contribution in [3.05, 3.63) is 108 Å². The Morgan fingerprint density at radius 2 is 0.878 bits per heavy atom. The van der Waals surface area contributed by atoms with E-state index in [9.17, 15) is 26.4 Å². The van der Waals surface area contributed by atoms with Crippen molar-refractivity contribution in [1.29, 1.82) is 0 Å². The first-order chi connectivity index (χ1) is 23.3. The number of hydrogen-bond donors (Lipinski definition) is 2. The molecule has 14 heteroatoms. The van der Waals surface area contributed by atoms with Crippen LogP contribution in [0.1, 0.15) is 17.5 Å². The number of aryl methyl sites for hydroxylation is 2. The number of carbonyl (C=O) groups is 2. The number of amides is 2. The van der Waals surface area contributed by atoms with Gasteiger partial charge in [0.1, 0.15) is 13.1 Å². The van der Waals surface area contributed by atoms with E-state index in [1.807, 2.05) is 26.4 Å². The molecule has 0 aliphatic carbocycles. The predicted octanol–water partition coefficient (Wildman–Crippen LogP) is 5.46. The third kappa shape index (κ3) is 10.0. The minimum Gasteiger partial charge on any atom is -0.354 e. The molecule has 0 unspecified atom stereocenters. The molecule has 0 aliphatic heterocycles. The molecule has 4 rings (SSSR count). The summed E-state index contributed by atoms with van der Waals surface area (Å²) in [5.41, 5.74) is 2.60. The van der Waals surface area contributed by atoms with Crippen LogP contribution >= 0.6 is 23.5 Å². The van der Waals surface area contributed by atoms with E-state index in [0.29, 0.717) is 17.8 Å². The van der Waals surface area contributed by atoms with Gasteiger partial charge in [0, 0.05) is 22.9 Å². The predicted molar refractivity (Wildman–Crippen MR) is 199 cm³/mol. The highest BCUT2D eigenvalue weighted by Crippen LogP contribution is 2.27. The summed E-state index contributed by atoms with van der Waals surface area (Å²) in [6.07, 6.45) is 4.13. The van der Waals surface area contributed by atoms with E-state index in [-0.39, 0.29) is 22.9 Å². The molecular formula is C35H40N4O6S4. The number of hydrogen-bond acceptors (Lipinski definition) is 8. The van der Waals surface area contributed by atoms with Gasteiger partial charge in [0.2, 0.25) is 11.8 Å². The highest BCUT2D eigenvalue weighted by Gasteiger charge is 2.28. The first-order valence-corrected chi connectivity index (χ1v) is 20.7. The quantitative estimate of drug-likeness (QED) is 0.114. The Kier molecular flexibility index (Phi) is 13.2. The molecule has 0 fully saturated rings. The maximum absolute atomic E-state index is 13.6. The lowest BCUT2D eigenvalue weighted by Gasteiger charge is -2.24. The molecule has 0 aliphatic rings. The van der Waals surface area contributed by atoms with E-state index in [1.165, 1.54) is 47.8 Å². The molecule has 0 aromatic heterocycles. The van der Waals surface area contributed by atoms with E-state index in [2.05, 4.69) is 10.6 Å². The highest BCUT2D eigenvalue weighted by molar-refractivity contribution is 7.98. The second-order valence-corrected chi connectivity index (χ2v) is 16.6. The van der Waals surface area contributed by atoms with Crippen LogP contribution in [0, 0.1) is 13.8 Å². The molecule has 4 aromatic rings. The Hall–Kier alpha value is -3.98. The summed E-state index contributed by atoms with van der Waals surface area (Å²) in [6, 6.07) is 26.7. The molecule has 0 heterocycles. The number of carbonyl (C=O) groups excluding carboxylic acids is 2. The van der Waals surface area contributed by atoms with Crippen LogP contribution in [0.5, 0.6) is 0 Å². The van der Waals surface area contributed by atoms with Crippen LogP contribution in [0.2, 0.25) is 0 Å². The van der Waals surface area contributed by atoms with E-state index in [0.717, 1.165) is 29.5 Å². The minimum absolute atomic E-state index is 0.0695. The van der Waals surface area contributed by atoms with Crippen molar-refractivity contribution < 1.29 is 26.4 Å². The maximum atomic E-state index is 13.6. The number of anilines is 2. The zero-order valence-electron chi connectivity index (χ0n) is 27.8. The molecule has 0 saturated heterocycles. The Bertz CT molecular complexity index is 1790. The number of rotatable bonds is 16. The standard InChI is InChI=1S/C35H40N4O6S4/c1-26-6-10-28(11-7-26)38(48(42,43)32-18-14-30(46-3)15-19-32)24-34(40)36-22-5-23-37-35(41)25-39(29-12-8-27(2)9-13-29)49(44,45)33-20-16-31(47-4)17-21-33/h6-21H,5,22-25H2,1-4H3,(H,36,40)(H,37,41). The molecule has 49 heavy (non-hydrogen) atoms. The van der Waals surface area contributed by atoms with Gasteiger partial charge in [0.25, 0.3) is 20.0 Å². The summed E-state index contributed by atoms with van der Waals surface area (Å²) in [5.74, 6) is -1.03. The van der Waals surface area contributed by atoms with Gasteiger partial charge in [-0.25, -0.2) is 16.8 Å². The number of nitrogens with zero attached hydrogens (tertiary/aromatic N) is 2. The van der Waals surface area contributed by atoms with Crippen LogP contribution < -0.4 is 19.2 Å². The largest absolute Gasteiger partial charge is 0.354 e. The maximum Gasteiger partial charge on any atom is 0.264 e. The summed E-state index contributed by atoms with van der Waals surface area (Å²) < 4.78 is 56.7. The minimum atomic E-state index is -4.05. The molecule has 0 radical (unpaired) electrons. The normalized spacial score (nSPS) is 11.5. The van der Waals surface area contributed by atoms with Crippen LogP contribution in [-0.4, -0.2) is 67.3 Å². The number of nitrogens with one attached hydrogen (secondary N) is 2. The Balaban J connectivity index is 1.36. The fraction of sp³-hybridized carbons (Fsp3) is 0.257. The van der Waals surface area contributed by atoms with Crippen molar-refractivity contribution in [2.75, 3.05) is 47.3 Å². The highest BCUT2D eigenvalue weighted by atomic mass is 32.2. The van der Waals surface area contributed by atoms with E-state index in [4.69, 9.17) is 0 Å². The fourth-order valence-electron chi connectivity index (χ4n) is 4.72. The summed E-state index contributed by atoms with van der Waals surface area (Å²) in [5, 5.41) is 5.46. The van der Waals surface area contributed by atoms with Gasteiger partial charge in [-0.3, -0.25) is 18.2 Å². The number of benzene rings is 4. The fourth-order valence-corrected chi connectivity index (χ4v) is 8.38. The van der Waals surface area contributed by atoms with Crippen LogP contribution in [0.4, 0.5) is 11.4 Å². The van der Waals surface area contributed by atoms with Gasteiger partial charge >= 0.3 is 0 Å². The molecule has 2 N–H and O–H groups in total. The third-order valence-electron chi connectivity index (χ3n) is 7.51. The van der Waals surface area contributed by atoms with Crippen LogP contribution in [0.3, 0.4) is 0 Å². The second-order valence-electron chi connectivity index (χ2n) is 11.1. The molecule has 4 aromatic carbocycles. The molecule has 0 saturated carbocycles. The van der Waals surface area contributed by atoms with Gasteiger partial charge in [-0.1, -0.05) is 35.4 Å². The summed E-state index contributed by atoms with van der Waals surface area (Å²) in [4.78, 5) is 28.0. The monoisotopic (exact) mass is 740 g/mol. The van der Waals surface area contributed by atoms with Gasteiger partial charge in [0.15, 0.2) is 0 Å². The average Bonchev–Trinajstić information content (AvgIpc) is 3.10. The van der Waals surface area contributed by atoms with Crippen molar-refractivity contribution in [2.45, 2.75) is 39.9 Å². The number of sulfonamides is 2. The molecular weight excluding hydrogens is 701 g/mol. The first kappa shape index (κ1) is 37.8. The van der Waals surface area contributed by atoms with Crippen molar-refractivity contribution in [3.8, 4) is 0 Å². The lowest BCUT2D eigenvalue weighted by molar-refractivity contribution is -0.119. The van der Waals surface area contributed by atoms with E-state index < -0.39 is 45.0 Å². The average molecular weight is 741 g/mol. The summed E-state index contributed by atoms with van der Waals surface area (Å²) in [7, 11) is -8.11. The summed E-state index contributed by atoms with van der Waals surface area (Å²) >= 11 is 2.99. The van der Waals surface area contributed by atoms with E-state index in [1.54, 1.807) is 72.8 Å². The van der Waals surface area contributed by atoms with Crippen molar-refractivity contribution in [1.82, 2.24) is 10.6 Å². The Morgan fingerprint density at radius 3 is 1.18 bits per heavy atom. The lowest BCUT2D eigenvalue weighted by Crippen LogP contribution is -2.42. The SMILES string of the molecule is CSc1ccc(S(=O)(=O)N(CC(=O)NCCCNC(=O)CN(c2ccc(C)cc2)S(=O)(=O)c2ccc(SC)cc2)c2ccc(C)cc2)cc1. The van der Waals surface area contributed by atoms with Crippen molar-refractivity contribution >= 4 is 66.8 Å². The van der Waals surface area contributed by atoms with Gasteiger partial charge in [-0.15, -0.1) is 23.5 Å². The smallest absolute Gasteiger partial charge is 0.264 e. The zero-order valence-corrected chi connectivity index (χ0v) is 31.0. The van der Waals surface area contributed by atoms with Crippen molar-refractivity contribution in [2.24, 2.45) is 0 Å². The Labute approximate surface area is 297 Å². The van der Waals surface area contributed by atoms with Gasteiger partial charge in [0.05, 0.1) is 21.2 Å². The van der Waals surface area contributed by atoms with Crippen molar-refractivity contribution in [3.63, 3.8) is 0 Å². The van der Waals surface area contributed by atoms with Crippen LogP contribution in [-0.2, 0) is 29.6 Å². The summed E-state index contributed by atoms with van der Waals surface area (Å²) in [6.45, 7) is 3.21. The molecule has 260 valence electrons. The molecule has 10 nitrogen and oxygen atoms in total. The van der Waals surface area contributed by atoms with Gasteiger partial charge in [-0.2, -0.15) is 0 Å². The van der Waals surface area contributed by atoms with Gasteiger partial charge in [-0.05, 0) is 106 Å². The first-order valence-electron chi connectivity index (χ1n) is 15.4. The van der Waals surface area contributed by atoms with Crippen LogP contribution in [0.25, 0.3) is 0 Å². The topological polar surface area (TPSA) is 133 Å². The molecule has 0 bridgehead atoms. The molecule has 2 amide bonds. The zero-order chi connectivity index (χ0) is 35.6. The Morgan fingerprint density at radius 1 is 0.551 bits per heavy atom. The molecule has 0 atom stereocenters. The lowest BCUT2D eigenvalue weighted by atomic mass is 10.2. The van der Waals surface area contributed by atoms with Crippen LogP contribution in [0.15, 0.2) is 117 Å². The number of thioether (sulfide) groups is 2. The van der Waals surface area contributed by atoms with Gasteiger partial charge < -0.3 is 10.6 Å². The third-order valence-corrected chi connectivity index (χ3v) is 12.6.